The summed E-state index contributed by atoms with van der Waals surface area (Å²) in [4.78, 5) is 14.5. The molecular weight excluding hydrogens is 256 g/mol. The number of piperidine rings is 2. The van der Waals surface area contributed by atoms with E-state index in [-0.39, 0.29) is 5.91 Å². The lowest BCUT2D eigenvalue weighted by Gasteiger charge is -2.45. The fourth-order valence-corrected chi connectivity index (χ4v) is 4.68. The molecule has 0 saturated carbocycles. The normalized spacial score (nSPS) is 33.9. The van der Waals surface area contributed by atoms with Crippen molar-refractivity contribution in [3.8, 4) is 0 Å². The van der Waals surface area contributed by atoms with E-state index in [1.807, 2.05) is 11.3 Å². The van der Waals surface area contributed by atoms with Crippen LogP contribution >= 0.6 is 11.3 Å². The van der Waals surface area contributed by atoms with Crippen molar-refractivity contribution in [2.45, 2.75) is 63.7 Å². The van der Waals surface area contributed by atoms with E-state index < -0.39 is 0 Å². The largest absolute Gasteiger partial charge is 0.353 e. The molecule has 3 nitrogen and oxygen atoms in total. The molecule has 1 amide bonds. The number of thiophene rings is 1. The van der Waals surface area contributed by atoms with Crippen LogP contribution in [0.3, 0.4) is 0 Å². The van der Waals surface area contributed by atoms with Gasteiger partial charge < -0.3 is 10.2 Å². The van der Waals surface area contributed by atoms with Crippen LogP contribution in [-0.4, -0.2) is 24.0 Å². The second-order valence-corrected chi connectivity index (χ2v) is 7.06. The molecule has 0 spiro atoms. The van der Waals surface area contributed by atoms with Gasteiger partial charge in [-0.05, 0) is 30.7 Å². The minimum atomic E-state index is 0.129. The molecular formula is C15H23N2OS+. The monoisotopic (exact) mass is 279 g/mol. The highest BCUT2D eigenvalue weighted by Crippen LogP contribution is 2.23. The molecule has 4 atom stereocenters. The quantitative estimate of drug-likeness (QED) is 0.860. The molecule has 1 aromatic heterocycles. The van der Waals surface area contributed by atoms with Crippen molar-refractivity contribution in [1.82, 2.24) is 5.32 Å². The zero-order valence-corrected chi connectivity index (χ0v) is 12.3. The number of nitrogens with one attached hydrogen (secondary N) is 2. The average Bonchev–Trinajstić information content (AvgIpc) is 2.82. The summed E-state index contributed by atoms with van der Waals surface area (Å²) in [6.07, 6.45) is 6.35. The van der Waals surface area contributed by atoms with Gasteiger partial charge in [-0.3, -0.25) is 4.79 Å². The second kappa shape index (κ2) is 5.63. The molecule has 0 radical (unpaired) electrons. The molecule has 2 aliphatic heterocycles. The van der Waals surface area contributed by atoms with Crippen LogP contribution in [0.2, 0.25) is 0 Å². The highest BCUT2D eigenvalue weighted by Gasteiger charge is 2.41. The van der Waals surface area contributed by atoms with Gasteiger partial charge in [0.05, 0.1) is 17.0 Å². The molecule has 4 heteroatoms. The second-order valence-electron chi connectivity index (χ2n) is 6.02. The Kier molecular flexibility index (Phi) is 3.89. The highest BCUT2D eigenvalue weighted by atomic mass is 32.1. The van der Waals surface area contributed by atoms with Crippen molar-refractivity contribution in [2.24, 2.45) is 0 Å². The van der Waals surface area contributed by atoms with Crippen LogP contribution < -0.4 is 10.2 Å². The lowest BCUT2D eigenvalue weighted by atomic mass is 9.81. The van der Waals surface area contributed by atoms with Crippen molar-refractivity contribution < 1.29 is 9.69 Å². The Labute approximate surface area is 119 Å². The van der Waals surface area contributed by atoms with Crippen LogP contribution in [0.1, 0.15) is 43.9 Å². The molecule has 3 rings (SSSR count). The molecule has 2 fully saturated rings. The number of hydrogen-bond donors (Lipinski definition) is 2. The fourth-order valence-electron chi connectivity index (χ4n) is 3.94. The lowest BCUT2D eigenvalue weighted by Crippen LogP contribution is -3.20. The zero-order valence-electron chi connectivity index (χ0n) is 11.5. The topological polar surface area (TPSA) is 33.5 Å². The van der Waals surface area contributed by atoms with Crippen LogP contribution in [0.15, 0.2) is 17.5 Å². The van der Waals surface area contributed by atoms with E-state index in [9.17, 15) is 4.79 Å². The third kappa shape index (κ3) is 3.00. The Hall–Kier alpha value is -0.870. The molecule has 1 aromatic rings. The summed E-state index contributed by atoms with van der Waals surface area (Å²) in [6.45, 7) is 2.82. The first kappa shape index (κ1) is 13.1. The van der Waals surface area contributed by atoms with Crippen molar-refractivity contribution in [3.63, 3.8) is 0 Å². The summed E-state index contributed by atoms with van der Waals surface area (Å²) in [7, 11) is 0. The smallest absolute Gasteiger partial charge is 0.217 e. The predicted molar refractivity (Wildman–Crippen MR) is 77.3 cm³/mol. The molecule has 2 unspecified atom stereocenters. The number of carbonyl (C=O) groups excluding carboxylic acids is 1. The molecule has 2 aliphatic rings. The van der Waals surface area contributed by atoms with Gasteiger partial charge in [0.1, 0.15) is 6.54 Å². The lowest BCUT2D eigenvalue weighted by molar-refractivity contribution is -0.973. The molecule has 2 bridgehead atoms. The first-order valence-electron chi connectivity index (χ1n) is 7.37. The van der Waals surface area contributed by atoms with Crippen LogP contribution in [0.5, 0.6) is 0 Å². The minimum absolute atomic E-state index is 0.129. The van der Waals surface area contributed by atoms with Gasteiger partial charge in [-0.2, -0.15) is 0 Å². The third-order valence-electron chi connectivity index (χ3n) is 4.66. The molecule has 0 aromatic carbocycles. The van der Waals surface area contributed by atoms with Gasteiger partial charge >= 0.3 is 0 Å². The van der Waals surface area contributed by atoms with Crippen molar-refractivity contribution >= 4 is 17.2 Å². The predicted octanol–water partition coefficient (Wildman–Crippen LogP) is 1.35. The van der Waals surface area contributed by atoms with Gasteiger partial charge in [-0.15, -0.1) is 11.3 Å². The summed E-state index contributed by atoms with van der Waals surface area (Å²) in [5.41, 5.74) is 0. The Balaban J connectivity index is 1.68. The van der Waals surface area contributed by atoms with Gasteiger partial charge in [0.25, 0.3) is 0 Å². The first-order chi connectivity index (χ1) is 9.22. The van der Waals surface area contributed by atoms with Crippen LogP contribution in [0, 0.1) is 0 Å². The van der Waals surface area contributed by atoms with E-state index in [1.54, 1.807) is 11.8 Å². The SMILES string of the molecule is CC(=O)NC1C[C@H]2CCC[C@@H](C1)[NH+]2Cc1cccs1. The Bertz CT molecular complexity index is 417. The van der Waals surface area contributed by atoms with Crippen LogP contribution in [0.4, 0.5) is 0 Å². The number of quaternary nitrogens is 1. The first-order valence-corrected chi connectivity index (χ1v) is 8.25. The minimum Gasteiger partial charge on any atom is -0.353 e. The maximum atomic E-state index is 11.3. The third-order valence-corrected chi connectivity index (χ3v) is 5.53. The van der Waals surface area contributed by atoms with E-state index >= 15 is 0 Å². The number of carbonyl (C=O) groups is 1. The molecule has 2 saturated heterocycles. The van der Waals surface area contributed by atoms with Crippen molar-refractivity contribution in [2.75, 3.05) is 0 Å². The molecule has 19 heavy (non-hydrogen) atoms. The van der Waals surface area contributed by atoms with E-state index in [0.29, 0.717) is 6.04 Å². The van der Waals surface area contributed by atoms with Crippen LogP contribution in [0.25, 0.3) is 0 Å². The van der Waals surface area contributed by atoms with Crippen molar-refractivity contribution in [1.29, 1.82) is 0 Å². The van der Waals surface area contributed by atoms with Gasteiger partial charge in [0, 0.05) is 25.8 Å². The number of rotatable bonds is 3. The number of hydrogen-bond acceptors (Lipinski definition) is 2. The Morgan fingerprint density at radius 1 is 1.42 bits per heavy atom. The molecule has 3 heterocycles. The number of amides is 1. The van der Waals surface area contributed by atoms with Gasteiger partial charge in [-0.25, -0.2) is 0 Å². The summed E-state index contributed by atoms with van der Waals surface area (Å²) >= 11 is 1.88. The van der Waals surface area contributed by atoms with Gasteiger partial charge in [-0.1, -0.05) is 6.07 Å². The summed E-state index contributed by atoms with van der Waals surface area (Å²) < 4.78 is 0. The number of fused-ring (bicyclic) bond motifs is 2. The van der Waals surface area contributed by atoms with E-state index in [2.05, 4.69) is 22.8 Å². The van der Waals surface area contributed by atoms with Gasteiger partial charge in [0.15, 0.2) is 0 Å². The summed E-state index contributed by atoms with van der Waals surface area (Å²) in [5.74, 6) is 0.129. The standard InChI is InChI=1S/C15H22N2OS/c1-11(18)16-12-8-13-4-2-5-14(9-12)17(13)10-15-6-3-7-19-15/h3,6-7,12-14H,2,4-5,8-10H2,1H3,(H,16,18)/p+1/t12?,13-,14+. The summed E-state index contributed by atoms with van der Waals surface area (Å²) in [5, 5.41) is 5.32. The van der Waals surface area contributed by atoms with Crippen LogP contribution in [-0.2, 0) is 11.3 Å². The van der Waals surface area contributed by atoms with E-state index in [4.69, 9.17) is 0 Å². The highest BCUT2D eigenvalue weighted by molar-refractivity contribution is 7.09. The van der Waals surface area contributed by atoms with Crippen molar-refractivity contribution in [3.05, 3.63) is 22.4 Å². The Morgan fingerprint density at radius 3 is 2.74 bits per heavy atom. The fraction of sp³-hybridized carbons (Fsp3) is 0.667. The van der Waals surface area contributed by atoms with Gasteiger partial charge in [0.2, 0.25) is 5.91 Å². The zero-order chi connectivity index (χ0) is 13.2. The average molecular weight is 279 g/mol. The van der Waals surface area contributed by atoms with E-state index in [0.717, 1.165) is 24.9 Å². The maximum absolute atomic E-state index is 11.3. The van der Waals surface area contributed by atoms with E-state index in [1.165, 1.54) is 30.7 Å². The molecule has 104 valence electrons. The molecule has 0 aliphatic carbocycles. The Morgan fingerprint density at radius 2 is 2.16 bits per heavy atom. The molecule has 2 N–H and O–H groups in total. The maximum Gasteiger partial charge on any atom is 0.217 e. The summed E-state index contributed by atoms with van der Waals surface area (Å²) in [6, 6.07) is 6.31.